The highest BCUT2D eigenvalue weighted by Gasteiger charge is 2.02. The molecule has 2 heteroatoms. The third-order valence-electron chi connectivity index (χ3n) is 2.53. The van der Waals surface area contributed by atoms with E-state index in [9.17, 15) is 0 Å². The lowest BCUT2D eigenvalue weighted by Gasteiger charge is -2.10. The first-order valence-corrected chi connectivity index (χ1v) is 6.05. The van der Waals surface area contributed by atoms with Crippen molar-refractivity contribution in [1.29, 1.82) is 0 Å². The molecule has 18 heavy (non-hydrogen) atoms. The molecule has 2 N–H and O–H groups in total. The van der Waals surface area contributed by atoms with Crippen LogP contribution < -0.4 is 5.73 Å². The summed E-state index contributed by atoms with van der Waals surface area (Å²) in [4.78, 5) is 0. The molecule has 0 aliphatic heterocycles. The summed E-state index contributed by atoms with van der Waals surface area (Å²) in [6.07, 6.45) is 2.03. The highest BCUT2D eigenvalue weighted by molar-refractivity contribution is 5.77. The number of benzene rings is 2. The molecule has 0 fully saturated rings. The average Bonchev–Trinajstić information content (AvgIpc) is 2.45. The zero-order valence-electron chi connectivity index (χ0n) is 10.3. The summed E-state index contributed by atoms with van der Waals surface area (Å²) in [7, 11) is 0. The zero-order chi connectivity index (χ0) is 12.6. The van der Waals surface area contributed by atoms with Crippen LogP contribution in [0, 0.1) is 0 Å². The largest absolute Gasteiger partial charge is 0.492 e. The Labute approximate surface area is 108 Å². The Kier molecular flexibility index (Phi) is 4.56. The molecule has 0 saturated carbocycles. The first-order valence-electron chi connectivity index (χ1n) is 6.05. The minimum absolute atomic E-state index is 0.513. The van der Waals surface area contributed by atoms with Crippen molar-refractivity contribution in [2.75, 3.05) is 13.2 Å². The van der Waals surface area contributed by atoms with Gasteiger partial charge in [0.15, 0.2) is 0 Å². The summed E-state index contributed by atoms with van der Waals surface area (Å²) >= 11 is 0. The van der Waals surface area contributed by atoms with Gasteiger partial charge in [0.2, 0.25) is 0 Å². The molecule has 0 aliphatic rings. The van der Waals surface area contributed by atoms with Crippen LogP contribution in [0.25, 0.3) is 11.8 Å². The van der Waals surface area contributed by atoms with Crippen LogP contribution in [0.4, 0.5) is 0 Å². The summed E-state index contributed by atoms with van der Waals surface area (Å²) in [5.41, 5.74) is 7.68. The van der Waals surface area contributed by atoms with Gasteiger partial charge in [-0.3, -0.25) is 0 Å². The highest BCUT2D eigenvalue weighted by atomic mass is 16.5. The Hall–Kier alpha value is -2.06. The number of hydrogen-bond acceptors (Lipinski definition) is 2. The van der Waals surface area contributed by atoms with Crippen LogP contribution in [0.5, 0.6) is 0 Å². The highest BCUT2D eigenvalue weighted by Crippen LogP contribution is 2.19. The molecule has 0 heterocycles. The fourth-order valence-electron chi connectivity index (χ4n) is 1.68. The standard InChI is InChI=1S/C16H17NO/c17-11-12-18-16(15-9-5-2-6-10-15)13-14-7-3-1-4-8-14/h1-10,13H,11-12,17H2. The number of rotatable bonds is 5. The van der Waals surface area contributed by atoms with Gasteiger partial charge in [0, 0.05) is 12.1 Å². The van der Waals surface area contributed by atoms with Crippen LogP contribution in [0.1, 0.15) is 11.1 Å². The smallest absolute Gasteiger partial charge is 0.127 e. The van der Waals surface area contributed by atoms with Gasteiger partial charge in [-0.15, -0.1) is 0 Å². The minimum Gasteiger partial charge on any atom is -0.492 e. The number of hydrogen-bond donors (Lipinski definition) is 1. The molecular weight excluding hydrogens is 222 g/mol. The average molecular weight is 239 g/mol. The van der Waals surface area contributed by atoms with Crippen molar-refractivity contribution in [3.05, 3.63) is 71.8 Å². The Bertz CT molecular complexity index is 491. The number of ether oxygens (including phenoxy) is 1. The maximum atomic E-state index is 5.72. The van der Waals surface area contributed by atoms with Gasteiger partial charge in [0.05, 0.1) is 0 Å². The molecule has 0 atom stereocenters. The normalized spacial score (nSPS) is 11.3. The molecule has 92 valence electrons. The van der Waals surface area contributed by atoms with Crippen molar-refractivity contribution >= 4 is 11.8 Å². The van der Waals surface area contributed by atoms with E-state index in [-0.39, 0.29) is 0 Å². The summed E-state index contributed by atoms with van der Waals surface area (Å²) in [5.74, 6) is 0.854. The second kappa shape index (κ2) is 6.62. The summed E-state index contributed by atoms with van der Waals surface area (Å²) < 4.78 is 5.72. The van der Waals surface area contributed by atoms with Crippen molar-refractivity contribution < 1.29 is 4.74 Å². The van der Waals surface area contributed by atoms with Crippen LogP contribution in [0.2, 0.25) is 0 Å². The topological polar surface area (TPSA) is 35.2 Å². The predicted octanol–water partition coefficient (Wildman–Crippen LogP) is 3.16. The molecule has 0 radical (unpaired) electrons. The SMILES string of the molecule is NCCOC(=Cc1ccccc1)c1ccccc1. The van der Waals surface area contributed by atoms with Crippen molar-refractivity contribution in [2.45, 2.75) is 0 Å². The van der Waals surface area contributed by atoms with Gasteiger partial charge in [0.25, 0.3) is 0 Å². The maximum Gasteiger partial charge on any atom is 0.127 e. The minimum atomic E-state index is 0.513. The Morgan fingerprint density at radius 2 is 1.56 bits per heavy atom. The second-order valence-electron chi connectivity index (χ2n) is 3.92. The van der Waals surface area contributed by atoms with Gasteiger partial charge in [-0.1, -0.05) is 60.7 Å². The molecule has 0 bridgehead atoms. The van der Waals surface area contributed by atoms with E-state index in [2.05, 4.69) is 12.1 Å². The van der Waals surface area contributed by atoms with E-state index in [1.54, 1.807) is 0 Å². The van der Waals surface area contributed by atoms with Crippen molar-refractivity contribution in [3.63, 3.8) is 0 Å². The van der Waals surface area contributed by atoms with Gasteiger partial charge in [0.1, 0.15) is 12.4 Å². The third kappa shape index (κ3) is 3.47. The fourth-order valence-corrected chi connectivity index (χ4v) is 1.68. The molecule has 2 rings (SSSR count). The van der Waals surface area contributed by atoms with Crippen LogP contribution in [0.3, 0.4) is 0 Å². The maximum absolute atomic E-state index is 5.72. The van der Waals surface area contributed by atoms with E-state index in [0.29, 0.717) is 13.2 Å². The predicted molar refractivity (Wildman–Crippen MR) is 75.8 cm³/mol. The Morgan fingerprint density at radius 1 is 0.944 bits per heavy atom. The zero-order valence-corrected chi connectivity index (χ0v) is 10.3. The van der Waals surface area contributed by atoms with Gasteiger partial charge in [-0.05, 0) is 11.6 Å². The lowest BCUT2D eigenvalue weighted by molar-refractivity contribution is 0.289. The van der Waals surface area contributed by atoms with E-state index < -0.39 is 0 Å². The van der Waals surface area contributed by atoms with Gasteiger partial charge < -0.3 is 10.5 Å². The fraction of sp³-hybridized carbons (Fsp3) is 0.125. The van der Waals surface area contributed by atoms with Gasteiger partial charge >= 0.3 is 0 Å². The van der Waals surface area contributed by atoms with E-state index in [4.69, 9.17) is 10.5 Å². The van der Waals surface area contributed by atoms with Gasteiger partial charge in [-0.25, -0.2) is 0 Å². The molecular formula is C16H17NO. The molecule has 2 aromatic carbocycles. The molecule has 2 nitrogen and oxygen atoms in total. The van der Waals surface area contributed by atoms with E-state index >= 15 is 0 Å². The van der Waals surface area contributed by atoms with Gasteiger partial charge in [-0.2, -0.15) is 0 Å². The Morgan fingerprint density at radius 3 is 2.17 bits per heavy atom. The van der Waals surface area contributed by atoms with Crippen LogP contribution in [0.15, 0.2) is 60.7 Å². The van der Waals surface area contributed by atoms with Crippen LogP contribution in [-0.2, 0) is 4.74 Å². The monoisotopic (exact) mass is 239 g/mol. The summed E-state index contributed by atoms with van der Waals surface area (Å²) in [5, 5.41) is 0. The quantitative estimate of drug-likeness (QED) is 0.642. The molecule has 0 spiro atoms. The molecule has 0 aliphatic carbocycles. The molecule has 0 aromatic heterocycles. The van der Waals surface area contributed by atoms with E-state index in [1.165, 1.54) is 0 Å². The lowest BCUT2D eigenvalue weighted by atomic mass is 10.1. The first-order chi connectivity index (χ1) is 8.90. The molecule has 0 saturated heterocycles. The summed E-state index contributed by atoms with van der Waals surface area (Å²) in [6.45, 7) is 1.03. The third-order valence-corrected chi connectivity index (χ3v) is 2.53. The Balaban J connectivity index is 2.28. The van der Waals surface area contributed by atoms with Crippen LogP contribution in [-0.4, -0.2) is 13.2 Å². The molecule has 2 aromatic rings. The molecule has 0 amide bonds. The van der Waals surface area contributed by atoms with Crippen molar-refractivity contribution in [1.82, 2.24) is 0 Å². The first kappa shape index (κ1) is 12.4. The molecule has 0 unspecified atom stereocenters. The summed E-state index contributed by atoms with van der Waals surface area (Å²) in [6, 6.07) is 20.2. The van der Waals surface area contributed by atoms with Crippen molar-refractivity contribution in [3.8, 4) is 0 Å². The number of nitrogens with two attached hydrogens (primary N) is 1. The van der Waals surface area contributed by atoms with E-state index in [1.807, 2.05) is 54.6 Å². The van der Waals surface area contributed by atoms with Crippen molar-refractivity contribution in [2.24, 2.45) is 5.73 Å². The lowest BCUT2D eigenvalue weighted by Crippen LogP contribution is -2.07. The van der Waals surface area contributed by atoms with Crippen LogP contribution >= 0.6 is 0 Å². The van der Waals surface area contributed by atoms with E-state index in [0.717, 1.165) is 16.9 Å². The second-order valence-corrected chi connectivity index (χ2v) is 3.92.